The van der Waals surface area contributed by atoms with Gasteiger partial charge in [-0.2, -0.15) is 0 Å². The van der Waals surface area contributed by atoms with E-state index in [1.807, 2.05) is 24.3 Å². The maximum atomic E-state index is 12.0. The molecule has 6 heteroatoms. The zero-order valence-corrected chi connectivity index (χ0v) is 13.1. The first-order valence-corrected chi connectivity index (χ1v) is 7.02. The molecule has 0 saturated carbocycles. The molecule has 0 aromatic heterocycles. The van der Waals surface area contributed by atoms with Crippen molar-refractivity contribution < 1.29 is 4.79 Å². The lowest BCUT2D eigenvalue weighted by Gasteiger charge is -2.18. The Bertz CT molecular complexity index is 409. The van der Waals surface area contributed by atoms with Gasteiger partial charge in [-0.1, -0.05) is 12.1 Å². The maximum Gasteiger partial charge on any atom is 0.238 e. The first-order chi connectivity index (χ1) is 8.75. The van der Waals surface area contributed by atoms with E-state index in [2.05, 4.69) is 31.5 Å². The van der Waals surface area contributed by atoms with Gasteiger partial charge in [0.2, 0.25) is 5.91 Å². The molecule has 0 unspecified atom stereocenters. The van der Waals surface area contributed by atoms with Crippen LogP contribution in [0, 0.1) is 0 Å². The molecule has 1 aliphatic rings. The van der Waals surface area contributed by atoms with Crippen LogP contribution in [0.4, 0.5) is 5.69 Å². The Morgan fingerprint density at radius 1 is 1.32 bits per heavy atom. The van der Waals surface area contributed by atoms with Crippen molar-refractivity contribution in [2.45, 2.75) is 6.42 Å². The summed E-state index contributed by atoms with van der Waals surface area (Å²) < 4.78 is 0.913. The number of rotatable bonds is 3. The Kier molecular flexibility index (Phi) is 7.38. The van der Waals surface area contributed by atoms with E-state index < -0.39 is 0 Å². The Balaban J connectivity index is 0.00000180. The van der Waals surface area contributed by atoms with E-state index in [-0.39, 0.29) is 18.3 Å². The van der Waals surface area contributed by atoms with E-state index in [1.54, 1.807) is 0 Å². The molecule has 4 nitrogen and oxygen atoms in total. The van der Waals surface area contributed by atoms with Crippen LogP contribution in [0.2, 0.25) is 0 Å². The van der Waals surface area contributed by atoms with Gasteiger partial charge in [0.25, 0.3) is 0 Å². The van der Waals surface area contributed by atoms with Crippen molar-refractivity contribution in [3.8, 4) is 0 Å². The predicted molar refractivity (Wildman–Crippen MR) is 83.9 cm³/mol. The molecule has 0 atom stereocenters. The average molecular weight is 349 g/mol. The van der Waals surface area contributed by atoms with Crippen LogP contribution in [0.1, 0.15) is 6.42 Å². The van der Waals surface area contributed by atoms with Crippen LogP contribution in [0.5, 0.6) is 0 Å². The number of carbonyl (C=O) groups is 1. The van der Waals surface area contributed by atoms with Crippen LogP contribution >= 0.6 is 28.3 Å². The molecule has 0 radical (unpaired) electrons. The molecule has 2 rings (SSSR count). The number of carbonyl (C=O) groups excluding carboxylic acids is 1. The molecule has 0 aliphatic carbocycles. The topological polar surface area (TPSA) is 44.4 Å². The van der Waals surface area contributed by atoms with Crippen molar-refractivity contribution in [1.82, 2.24) is 10.2 Å². The Hall–Kier alpha value is -0.620. The highest BCUT2D eigenvalue weighted by Gasteiger charge is 2.13. The minimum atomic E-state index is 0. The molecule has 1 saturated heterocycles. The van der Waals surface area contributed by atoms with Gasteiger partial charge in [-0.05, 0) is 47.6 Å². The molecule has 1 heterocycles. The van der Waals surface area contributed by atoms with Crippen LogP contribution in [0.15, 0.2) is 28.7 Å². The van der Waals surface area contributed by atoms with Gasteiger partial charge in [-0.3, -0.25) is 9.69 Å². The third-order valence-corrected chi connectivity index (χ3v) is 3.64. The van der Waals surface area contributed by atoms with Gasteiger partial charge in [-0.15, -0.1) is 12.4 Å². The van der Waals surface area contributed by atoms with E-state index in [0.717, 1.165) is 42.8 Å². The van der Waals surface area contributed by atoms with Gasteiger partial charge in [0.05, 0.1) is 12.2 Å². The molecule has 1 fully saturated rings. The van der Waals surface area contributed by atoms with Gasteiger partial charge in [0.1, 0.15) is 0 Å². The minimum Gasteiger partial charge on any atom is -0.324 e. The first-order valence-electron chi connectivity index (χ1n) is 6.23. The molecule has 19 heavy (non-hydrogen) atoms. The largest absolute Gasteiger partial charge is 0.324 e. The van der Waals surface area contributed by atoms with Gasteiger partial charge in [0, 0.05) is 17.6 Å². The molecule has 1 aromatic rings. The second kappa shape index (κ2) is 8.53. The zero-order chi connectivity index (χ0) is 12.8. The highest BCUT2D eigenvalue weighted by Crippen LogP contribution is 2.20. The summed E-state index contributed by atoms with van der Waals surface area (Å²) in [5.74, 6) is 0.0452. The molecule has 2 N–H and O–H groups in total. The highest BCUT2D eigenvalue weighted by atomic mass is 79.9. The monoisotopic (exact) mass is 347 g/mol. The summed E-state index contributed by atoms with van der Waals surface area (Å²) in [5.41, 5.74) is 0.829. The lowest BCUT2D eigenvalue weighted by molar-refractivity contribution is -0.117. The van der Waals surface area contributed by atoms with E-state index in [9.17, 15) is 4.79 Å². The van der Waals surface area contributed by atoms with Crippen molar-refractivity contribution in [1.29, 1.82) is 0 Å². The summed E-state index contributed by atoms with van der Waals surface area (Å²) in [7, 11) is 0. The molecule has 106 valence electrons. The van der Waals surface area contributed by atoms with E-state index in [0.29, 0.717) is 6.54 Å². The van der Waals surface area contributed by atoms with E-state index in [1.165, 1.54) is 0 Å². The number of hydrogen-bond donors (Lipinski definition) is 2. The normalized spacial score (nSPS) is 16.3. The van der Waals surface area contributed by atoms with E-state index in [4.69, 9.17) is 0 Å². The van der Waals surface area contributed by atoms with E-state index >= 15 is 0 Å². The number of benzene rings is 1. The third kappa shape index (κ3) is 5.48. The lowest BCUT2D eigenvalue weighted by atomic mass is 10.3. The van der Waals surface area contributed by atoms with Gasteiger partial charge in [-0.25, -0.2) is 0 Å². The van der Waals surface area contributed by atoms with Crippen LogP contribution in [0.25, 0.3) is 0 Å². The fourth-order valence-electron chi connectivity index (χ4n) is 2.02. The first kappa shape index (κ1) is 16.4. The Morgan fingerprint density at radius 2 is 2.11 bits per heavy atom. The summed E-state index contributed by atoms with van der Waals surface area (Å²) >= 11 is 3.42. The van der Waals surface area contributed by atoms with Gasteiger partial charge < -0.3 is 10.6 Å². The summed E-state index contributed by atoms with van der Waals surface area (Å²) in [6.45, 7) is 4.38. The standard InChI is InChI=1S/C13H18BrN3O.ClH/c14-11-4-1-2-5-12(11)16-13(18)10-17-8-3-6-15-7-9-17;/h1-2,4-5,15H,3,6-10H2,(H,16,18);1H. The van der Waals surface area contributed by atoms with Gasteiger partial charge >= 0.3 is 0 Å². The summed E-state index contributed by atoms with van der Waals surface area (Å²) in [6.07, 6.45) is 1.10. The van der Waals surface area contributed by atoms with Crippen LogP contribution < -0.4 is 10.6 Å². The van der Waals surface area contributed by atoms with Crippen LogP contribution in [0.3, 0.4) is 0 Å². The number of halogens is 2. The SMILES string of the molecule is Cl.O=C(CN1CCCNCC1)Nc1ccccc1Br. The number of para-hydroxylation sites is 1. The fourth-order valence-corrected chi connectivity index (χ4v) is 2.40. The highest BCUT2D eigenvalue weighted by molar-refractivity contribution is 9.10. The Labute approximate surface area is 128 Å². The summed E-state index contributed by atoms with van der Waals surface area (Å²) in [5, 5.41) is 6.26. The number of nitrogens with zero attached hydrogens (tertiary/aromatic N) is 1. The quantitative estimate of drug-likeness (QED) is 0.879. The van der Waals surface area contributed by atoms with Gasteiger partial charge in [0.15, 0.2) is 0 Å². The van der Waals surface area contributed by atoms with Crippen LogP contribution in [-0.4, -0.2) is 43.5 Å². The van der Waals surface area contributed by atoms with Crippen molar-refractivity contribution in [3.63, 3.8) is 0 Å². The molecular weight excluding hydrogens is 330 g/mol. The molecular formula is C13H19BrClN3O. The number of nitrogens with one attached hydrogen (secondary N) is 2. The second-order valence-corrected chi connectivity index (χ2v) is 5.26. The average Bonchev–Trinajstić information content (AvgIpc) is 2.61. The van der Waals surface area contributed by atoms with Crippen molar-refractivity contribution in [2.75, 3.05) is 38.0 Å². The number of hydrogen-bond acceptors (Lipinski definition) is 3. The second-order valence-electron chi connectivity index (χ2n) is 4.41. The lowest BCUT2D eigenvalue weighted by Crippen LogP contribution is -2.35. The number of amides is 1. The molecule has 1 amide bonds. The minimum absolute atomic E-state index is 0. The predicted octanol–water partition coefficient (Wildman–Crippen LogP) is 2.10. The molecule has 0 bridgehead atoms. The number of anilines is 1. The maximum absolute atomic E-state index is 12.0. The zero-order valence-electron chi connectivity index (χ0n) is 10.7. The Morgan fingerprint density at radius 3 is 2.89 bits per heavy atom. The summed E-state index contributed by atoms with van der Waals surface area (Å²) in [6, 6.07) is 7.66. The smallest absolute Gasteiger partial charge is 0.238 e. The summed E-state index contributed by atoms with van der Waals surface area (Å²) in [4.78, 5) is 14.1. The van der Waals surface area contributed by atoms with Crippen molar-refractivity contribution in [3.05, 3.63) is 28.7 Å². The molecule has 0 spiro atoms. The third-order valence-electron chi connectivity index (χ3n) is 2.95. The van der Waals surface area contributed by atoms with Crippen molar-refractivity contribution >= 4 is 39.9 Å². The molecule has 1 aromatic carbocycles. The molecule has 1 aliphatic heterocycles. The van der Waals surface area contributed by atoms with Crippen molar-refractivity contribution in [2.24, 2.45) is 0 Å². The van der Waals surface area contributed by atoms with Crippen LogP contribution in [-0.2, 0) is 4.79 Å². The fraction of sp³-hybridized carbons (Fsp3) is 0.462.